The molecule has 0 spiro atoms. The molecule has 0 aliphatic carbocycles. The van der Waals surface area contributed by atoms with Crippen molar-refractivity contribution < 1.29 is 9.53 Å². The summed E-state index contributed by atoms with van der Waals surface area (Å²) in [4.78, 5) is 11.7. The fraction of sp³-hybridized carbons (Fsp3) is 0.533. The molecule has 2 unspecified atom stereocenters. The number of Topliss-reactive ketones (excluding diaryl/α,β-unsaturated/α-hetero) is 1. The molecule has 0 aromatic heterocycles. The van der Waals surface area contributed by atoms with E-state index in [2.05, 4.69) is 30.4 Å². The van der Waals surface area contributed by atoms with E-state index in [1.54, 1.807) is 0 Å². The van der Waals surface area contributed by atoms with E-state index in [0.717, 1.165) is 13.0 Å². The van der Waals surface area contributed by atoms with Crippen LogP contribution in [0.5, 0.6) is 0 Å². The molecule has 2 heterocycles. The Morgan fingerprint density at radius 3 is 3.00 bits per heavy atom. The minimum absolute atomic E-state index is 0.175. The summed E-state index contributed by atoms with van der Waals surface area (Å²) in [5.41, 5.74) is 3.89. The molecule has 1 aromatic carbocycles. The van der Waals surface area contributed by atoms with Gasteiger partial charge in [0.1, 0.15) is 5.78 Å². The van der Waals surface area contributed by atoms with Crippen LogP contribution in [0.25, 0.3) is 0 Å². The number of rotatable bonds is 1. The fourth-order valence-corrected chi connectivity index (χ4v) is 2.93. The molecule has 18 heavy (non-hydrogen) atoms. The maximum absolute atomic E-state index is 11.7. The van der Waals surface area contributed by atoms with Crippen LogP contribution in [0.1, 0.15) is 42.5 Å². The van der Waals surface area contributed by atoms with Crippen molar-refractivity contribution in [3.8, 4) is 0 Å². The van der Waals surface area contributed by atoms with E-state index in [-0.39, 0.29) is 12.1 Å². The Balaban J connectivity index is 1.85. The van der Waals surface area contributed by atoms with Gasteiger partial charge < -0.3 is 10.1 Å². The zero-order valence-corrected chi connectivity index (χ0v) is 10.7. The summed E-state index contributed by atoms with van der Waals surface area (Å²) in [7, 11) is 0. The molecular formula is C15H19NO2. The second kappa shape index (κ2) is 4.82. The van der Waals surface area contributed by atoms with Gasteiger partial charge in [0.05, 0.1) is 13.2 Å². The summed E-state index contributed by atoms with van der Waals surface area (Å²) in [5.74, 6) is 0.361. The number of nitrogens with one attached hydrogen (secondary N) is 1. The summed E-state index contributed by atoms with van der Waals surface area (Å²) >= 11 is 0. The van der Waals surface area contributed by atoms with Gasteiger partial charge in [-0.15, -0.1) is 0 Å². The Labute approximate surface area is 108 Å². The lowest BCUT2D eigenvalue weighted by atomic mass is 9.90. The van der Waals surface area contributed by atoms with Gasteiger partial charge in [0, 0.05) is 24.9 Å². The van der Waals surface area contributed by atoms with E-state index in [1.165, 1.54) is 16.7 Å². The van der Waals surface area contributed by atoms with Gasteiger partial charge in [0.2, 0.25) is 0 Å². The van der Waals surface area contributed by atoms with Crippen LogP contribution in [0.3, 0.4) is 0 Å². The number of carbonyl (C=O) groups excluding carboxylic acids is 1. The zero-order chi connectivity index (χ0) is 12.5. The normalized spacial score (nSPS) is 27.9. The fourth-order valence-electron chi connectivity index (χ4n) is 2.93. The van der Waals surface area contributed by atoms with Crippen LogP contribution in [-0.2, 0) is 22.6 Å². The Morgan fingerprint density at radius 1 is 1.28 bits per heavy atom. The van der Waals surface area contributed by atoms with Gasteiger partial charge in [0.25, 0.3) is 0 Å². The van der Waals surface area contributed by atoms with Crippen molar-refractivity contribution in [1.82, 2.24) is 5.32 Å². The van der Waals surface area contributed by atoms with E-state index < -0.39 is 0 Å². The monoisotopic (exact) mass is 245 g/mol. The van der Waals surface area contributed by atoms with Crippen molar-refractivity contribution >= 4 is 5.78 Å². The van der Waals surface area contributed by atoms with Crippen LogP contribution in [0, 0.1) is 0 Å². The Morgan fingerprint density at radius 2 is 2.17 bits per heavy atom. The molecule has 2 aliphatic heterocycles. The smallest absolute Gasteiger partial charge is 0.136 e. The molecular weight excluding hydrogens is 226 g/mol. The number of fused-ring (bicyclic) bond motifs is 1. The second-order valence-electron chi connectivity index (χ2n) is 5.40. The predicted octanol–water partition coefficient (Wildman–Crippen LogP) is 2.14. The van der Waals surface area contributed by atoms with Crippen molar-refractivity contribution in [2.24, 2.45) is 0 Å². The van der Waals surface area contributed by atoms with Crippen LogP contribution in [-0.4, -0.2) is 18.4 Å². The van der Waals surface area contributed by atoms with E-state index in [9.17, 15) is 4.79 Å². The van der Waals surface area contributed by atoms with Gasteiger partial charge in [-0.3, -0.25) is 4.79 Å². The van der Waals surface area contributed by atoms with Crippen LogP contribution >= 0.6 is 0 Å². The minimum Gasteiger partial charge on any atom is -0.376 e. The third kappa shape index (κ3) is 2.33. The van der Waals surface area contributed by atoms with E-state index in [0.29, 0.717) is 25.2 Å². The van der Waals surface area contributed by atoms with Crippen molar-refractivity contribution in [2.45, 2.75) is 44.9 Å². The Kier molecular flexibility index (Phi) is 3.18. The summed E-state index contributed by atoms with van der Waals surface area (Å²) in [5, 5.41) is 3.51. The quantitative estimate of drug-likeness (QED) is 0.824. The third-order valence-electron chi connectivity index (χ3n) is 3.86. The lowest BCUT2D eigenvalue weighted by Crippen LogP contribution is -2.38. The van der Waals surface area contributed by atoms with Gasteiger partial charge in [-0.1, -0.05) is 18.2 Å². The molecule has 2 atom stereocenters. The summed E-state index contributed by atoms with van der Waals surface area (Å²) < 4.78 is 5.49. The molecule has 0 saturated carbocycles. The molecule has 0 radical (unpaired) electrons. The highest BCUT2D eigenvalue weighted by Gasteiger charge is 2.25. The molecule has 3 rings (SSSR count). The molecule has 1 saturated heterocycles. The van der Waals surface area contributed by atoms with Crippen LogP contribution in [0.2, 0.25) is 0 Å². The molecule has 0 bridgehead atoms. The average Bonchev–Trinajstić information content (AvgIpc) is 2.37. The highest BCUT2D eigenvalue weighted by molar-refractivity contribution is 5.80. The molecule has 3 heteroatoms. The lowest BCUT2D eigenvalue weighted by Gasteiger charge is -2.29. The number of carbonyl (C=O) groups is 1. The van der Waals surface area contributed by atoms with E-state index in [1.807, 2.05) is 0 Å². The first-order chi connectivity index (χ1) is 8.72. The van der Waals surface area contributed by atoms with Crippen LogP contribution in [0.4, 0.5) is 0 Å². The third-order valence-corrected chi connectivity index (χ3v) is 3.86. The highest BCUT2D eigenvalue weighted by atomic mass is 16.5. The van der Waals surface area contributed by atoms with E-state index in [4.69, 9.17) is 4.74 Å². The van der Waals surface area contributed by atoms with Crippen molar-refractivity contribution in [1.29, 1.82) is 0 Å². The molecule has 2 aliphatic rings. The Bertz CT molecular complexity index is 470. The van der Waals surface area contributed by atoms with Crippen LogP contribution in [0.15, 0.2) is 18.2 Å². The Hall–Kier alpha value is -1.19. The second-order valence-corrected chi connectivity index (χ2v) is 5.40. The first-order valence-electron chi connectivity index (χ1n) is 6.69. The molecule has 96 valence electrons. The minimum atomic E-state index is 0.175. The van der Waals surface area contributed by atoms with Crippen LogP contribution < -0.4 is 5.32 Å². The summed E-state index contributed by atoms with van der Waals surface area (Å²) in [6.45, 7) is 3.61. The predicted molar refractivity (Wildman–Crippen MR) is 69.4 cm³/mol. The van der Waals surface area contributed by atoms with Gasteiger partial charge in [-0.2, -0.15) is 0 Å². The molecule has 1 N–H and O–H groups in total. The number of ether oxygens (including phenoxy) is 1. The van der Waals surface area contributed by atoms with Crippen molar-refractivity contribution in [2.75, 3.05) is 6.61 Å². The zero-order valence-electron chi connectivity index (χ0n) is 10.7. The maximum Gasteiger partial charge on any atom is 0.136 e. The summed E-state index contributed by atoms with van der Waals surface area (Å²) in [6.07, 6.45) is 2.28. The number of piperidine rings is 1. The standard InChI is InChI=1S/C15H19NO2/c1-10-6-14(17)8-15(16-10)12-3-2-11-4-5-18-9-13(11)7-12/h2-3,7,10,15-16H,4-6,8-9H2,1H3. The van der Waals surface area contributed by atoms with Gasteiger partial charge in [0.15, 0.2) is 0 Å². The molecule has 0 amide bonds. The number of benzene rings is 1. The number of hydrogen-bond donors (Lipinski definition) is 1. The topological polar surface area (TPSA) is 38.3 Å². The van der Waals surface area contributed by atoms with Gasteiger partial charge in [-0.05, 0) is 30.0 Å². The average molecular weight is 245 g/mol. The van der Waals surface area contributed by atoms with Crippen molar-refractivity contribution in [3.05, 3.63) is 34.9 Å². The van der Waals surface area contributed by atoms with Gasteiger partial charge >= 0.3 is 0 Å². The number of hydrogen-bond acceptors (Lipinski definition) is 3. The first-order valence-corrected chi connectivity index (χ1v) is 6.69. The largest absolute Gasteiger partial charge is 0.376 e. The summed E-state index contributed by atoms with van der Waals surface area (Å²) in [6, 6.07) is 7.01. The molecule has 1 aromatic rings. The highest BCUT2D eigenvalue weighted by Crippen LogP contribution is 2.27. The molecule has 1 fully saturated rings. The van der Waals surface area contributed by atoms with E-state index >= 15 is 0 Å². The van der Waals surface area contributed by atoms with Gasteiger partial charge in [-0.25, -0.2) is 0 Å². The molecule has 3 nitrogen and oxygen atoms in total. The van der Waals surface area contributed by atoms with Crippen molar-refractivity contribution in [3.63, 3.8) is 0 Å². The maximum atomic E-state index is 11.7. The lowest BCUT2D eigenvalue weighted by molar-refractivity contribution is -0.121. The SMILES string of the molecule is CC1CC(=O)CC(c2ccc3c(c2)COCC3)N1. The first kappa shape index (κ1) is 11.9. The number of ketones is 1.